The van der Waals surface area contributed by atoms with Crippen molar-refractivity contribution in [2.45, 2.75) is 51.1 Å². The number of hydrogen-bond donors (Lipinski definition) is 2. The Morgan fingerprint density at radius 2 is 1.67 bits per heavy atom. The number of nitrogens with one attached hydrogen (secondary N) is 2. The average Bonchev–Trinajstić information content (AvgIpc) is 3.43. The summed E-state index contributed by atoms with van der Waals surface area (Å²) >= 11 is 0. The average molecular weight is 490 g/mol. The van der Waals surface area contributed by atoms with Crippen LogP contribution >= 0.6 is 0 Å². The Balaban J connectivity index is 1.77. The molecule has 1 fully saturated rings. The fraction of sp³-hybridized carbons (Fsp3) is 0.321. The van der Waals surface area contributed by atoms with Crippen molar-refractivity contribution >= 4 is 29.1 Å². The fourth-order valence-corrected chi connectivity index (χ4v) is 4.54. The Morgan fingerprint density at radius 1 is 0.972 bits per heavy atom. The number of carbonyl (C=O) groups excluding carboxylic acids is 3. The van der Waals surface area contributed by atoms with Crippen molar-refractivity contribution in [3.63, 3.8) is 0 Å². The van der Waals surface area contributed by atoms with Crippen LogP contribution in [0.4, 0.5) is 11.4 Å². The number of methoxy groups -OCH3 is 1. The molecule has 1 aromatic heterocycles. The molecule has 1 atom stereocenters. The van der Waals surface area contributed by atoms with E-state index in [-0.39, 0.29) is 23.6 Å². The molecule has 0 aliphatic heterocycles. The Morgan fingerprint density at radius 3 is 2.25 bits per heavy atom. The summed E-state index contributed by atoms with van der Waals surface area (Å²) in [6.45, 7) is 1.43. The molecule has 0 radical (unpaired) electrons. The van der Waals surface area contributed by atoms with Crippen LogP contribution in [0.25, 0.3) is 0 Å². The maximum absolute atomic E-state index is 13.8. The van der Waals surface area contributed by atoms with Crippen molar-refractivity contribution in [1.82, 2.24) is 5.32 Å². The largest absolute Gasteiger partial charge is 0.497 e. The van der Waals surface area contributed by atoms with Crippen molar-refractivity contribution in [1.29, 1.82) is 0 Å². The highest BCUT2D eigenvalue weighted by molar-refractivity contribution is 6.08. The van der Waals surface area contributed by atoms with Crippen LogP contribution in [0.1, 0.15) is 61.2 Å². The van der Waals surface area contributed by atoms with E-state index >= 15 is 0 Å². The molecule has 36 heavy (non-hydrogen) atoms. The summed E-state index contributed by atoms with van der Waals surface area (Å²) in [4.78, 5) is 40.5. The molecule has 8 nitrogen and oxygen atoms in total. The molecule has 1 heterocycles. The zero-order valence-electron chi connectivity index (χ0n) is 20.5. The van der Waals surface area contributed by atoms with Crippen molar-refractivity contribution in [2.24, 2.45) is 0 Å². The molecule has 2 N–H and O–H groups in total. The highest BCUT2D eigenvalue weighted by atomic mass is 16.5. The number of benzene rings is 2. The van der Waals surface area contributed by atoms with Gasteiger partial charge in [-0.25, -0.2) is 0 Å². The normalized spacial score (nSPS) is 14.5. The predicted octanol–water partition coefficient (Wildman–Crippen LogP) is 5.08. The quantitative estimate of drug-likeness (QED) is 0.459. The molecule has 0 unspecified atom stereocenters. The minimum atomic E-state index is -0.956. The molecule has 1 aliphatic carbocycles. The molecule has 8 heteroatoms. The zero-order chi connectivity index (χ0) is 25.5. The van der Waals surface area contributed by atoms with Gasteiger partial charge < -0.3 is 19.8 Å². The minimum Gasteiger partial charge on any atom is -0.497 e. The van der Waals surface area contributed by atoms with E-state index in [0.717, 1.165) is 32.1 Å². The first-order valence-electron chi connectivity index (χ1n) is 12.2. The first kappa shape index (κ1) is 25.0. The highest BCUT2D eigenvalue weighted by Crippen LogP contribution is 2.32. The first-order chi connectivity index (χ1) is 17.5. The second kappa shape index (κ2) is 11.6. The minimum absolute atomic E-state index is 0.0645. The van der Waals surface area contributed by atoms with Gasteiger partial charge in [0.15, 0.2) is 5.76 Å². The van der Waals surface area contributed by atoms with Crippen molar-refractivity contribution in [3.8, 4) is 5.75 Å². The van der Waals surface area contributed by atoms with E-state index in [4.69, 9.17) is 9.15 Å². The van der Waals surface area contributed by atoms with Gasteiger partial charge in [0.2, 0.25) is 11.8 Å². The summed E-state index contributed by atoms with van der Waals surface area (Å²) in [6, 6.07) is 16.2. The lowest BCUT2D eigenvalue weighted by Gasteiger charge is -2.33. The van der Waals surface area contributed by atoms with Crippen LogP contribution in [0.3, 0.4) is 0 Å². The van der Waals surface area contributed by atoms with Gasteiger partial charge in [0.1, 0.15) is 11.8 Å². The molecule has 0 bridgehead atoms. The molecule has 2 aromatic carbocycles. The lowest BCUT2D eigenvalue weighted by molar-refractivity contribution is -0.123. The van der Waals surface area contributed by atoms with Crippen LogP contribution in [0.15, 0.2) is 71.3 Å². The maximum Gasteiger partial charge on any atom is 0.294 e. The Kier molecular flexibility index (Phi) is 8.05. The van der Waals surface area contributed by atoms with E-state index < -0.39 is 11.9 Å². The molecule has 0 saturated heterocycles. The topological polar surface area (TPSA) is 101 Å². The summed E-state index contributed by atoms with van der Waals surface area (Å²) in [5.74, 6) is -0.155. The van der Waals surface area contributed by atoms with Crippen LogP contribution in [0.2, 0.25) is 0 Å². The Hall–Kier alpha value is -4.07. The predicted molar refractivity (Wildman–Crippen MR) is 137 cm³/mol. The number of rotatable bonds is 8. The molecule has 0 spiro atoms. The van der Waals surface area contributed by atoms with Gasteiger partial charge in [0, 0.05) is 24.3 Å². The zero-order valence-corrected chi connectivity index (χ0v) is 20.5. The standard InChI is InChI=1S/C28H31N3O5/c1-19(32)29-22-12-14-23(15-13-22)31(28(34)25-9-6-18-36-25)26(20-10-16-24(35-2)17-11-20)27(33)30-21-7-4-3-5-8-21/h6,9-18,21,26H,3-5,7-8H2,1-2H3,(H,29,32)(H,30,33)/t26-/m1/s1. The van der Waals surface area contributed by atoms with E-state index in [1.54, 1.807) is 67.8 Å². The van der Waals surface area contributed by atoms with Gasteiger partial charge in [-0.15, -0.1) is 0 Å². The number of ether oxygens (including phenoxy) is 1. The second-order valence-electron chi connectivity index (χ2n) is 8.90. The van der Waals surface area contributed by atoms with Crippen molar-refractivity contribution < 1.29 is 23.5 Å². The van der Waals surface area contributed by atoms with Crippen molar-refractivity contribution in [3.05, 3.63) is 78.3 Å². The number of furan rings is 1. The Bertz CT molecular complexity index is 1170. The molecule has 1 aliphatic rings. The van der Waals surface area contributed by atoms with Crippen molar-refractivity contribution in [2.75, 3.05) is 17.3 Å². The number of nitrogens with zero attached hydrogens (tertiary/aromatic N) is 1. The summed E-state index contributed by atoms with van der Waals surface area (Å²) in [5.41, 5.74) is 1.71. The Labute approximate surface area is 210 Å². The number of anilines is 2. The highest BCUT2D eigenvalue weighted by Gasteiger charge is 2.35. The van der Waals surface area contributed by atoms with Gasteiger partial charge in [-0.05, 0) is 66.9 Å². The third-order valence-corrected chi connectivity index (χ3v) is 6.31. The molecule has 3 amide bonds. The van der Waals surface area contributed by atoms with E-state index in [9.17, 15) is 14.4 Å². The van der Waals surface area contributed by atoms with E-state index in [1.807, 2.05) is 0 Å². The van der Waals surface area contributed by atoms with Gasteiger partial charge in [-0.2, -0.15) is 0 Å². The first-order valence-corrected chi connectivity index (χ1v) is 12.2. The smallest absolute Gasteiger partial charge is 0.294 e. The lowest BCUT2D eigenvalue weighted by atomic mass is 9.94. The summed E-state index contributed by atoms with van der Waals surface area (Å²) in [5, 5.41) is 5.91. The molecular formula is C28H31N3O5. The van der Waals surface area contributed by atoms with Gasteiger partial charge in [0.05, 0.1) is 13.4 Å². The monoisotopic (exact) mass is 489 g/mol. The van der Waals surface area contributed by atoms with E-state index in [1.165, 1.54) is 18.1 Å². The summed E-state index contributed by atoms with van der Waals surface area (Å²) < 4.78 is 10.7. The van der Waals surface area contributed by atoms with Gasteiger partial charge in [-0.1, -0.05) is 31.4 Å². The summed E-state index contributed by atoms with van der Waals surface area (Å²) in [7, 11) is 1.58. The number of amides is 3. The lowest BCUT2D eigenvalue weighted by Crippen LogP contribution is -2.47. The number of carbonyl (C=O) groups is 3. The van der Waals surface area contributed by atoms with Crippen LogP contribution in [-0.4, -0.2) is 30.9 Å². The third kappa shape index (κ3) is 5.94. The number of hydrogen-bond acceptors (Lipinski definition) is 5. The van der Waals surface area contributed by atoms with Crippen LogP contribution in [0, 0.1) is 0 Å². The van der Waals surface area contributed by atoms with Crippen LogP contribution in [-0.2, 0) is 9.59 Å². The maximum atomic E-state index is 13.8. The van der Waals surface area contributed by atoms with Gasteiger partial charge >= 0.3 is 0 Å². The van der Waals surface area contributed by atoms with Crippen LogP contribution in [0.5, 0.6) is 5.75 Å². The molecule has 188 valence electrons. The molecule has 1 saturated carbocycles. The fourth-order valence-electron chi connectivity index (χ4n) is 4.54. The molecule has 3 aromatic rings. The molecule has 4 rings (SSSR count). The van der Waals surface area contributed by atoms with E-state index in [0.29, 0.717) is 22.7 Å². The molecular weight excluding hydrogens is 458 g/mol. The van der Waals surface area contributed by atoms with E-state index in [2.05, 4.69) is 10.6 Å². The summed E-state index contributed by atoms with van der Waals surface area (Å²) in [6.07, 6.45) is 6.56. The third-order valence-electron chi connectivity index (χ3n) is 6.31. The van der Waals surface area contributed by atoms with Gasteiger partial charge in [0.25, 0.3) is 5.91 Å². The SMILES string of the molecule is COc1ccc([C@H](C(=O)NC2CCCCC2)N(C(=O)c2ccco2)c2ccc(NC(C)=O)cc2)cc1. The second-order valence-corrected chi connectivity index (χ2v) is 8.90. The van der Waals surface area contributed by atoms with Gasteiger partial charge in [-0.3, -0.25) is 19.3 Å². The van der Waals surface area contributed by atoms with Crippen LogP contribution < -0.4 is 20.3 Å².